The van der Waals surface area contributed by atoms with Crippen LogP contribution in [0.5, 0.6) is 5.75 Å². The number of β-amino-alcohol motifs (C(OH)–C–C–N with tert-alkyl or cyclic N) is 1. The quantitative estimate of drug-likeness (QED) is 0.127. The highest BCUT2D eigenvalue weighted by atomic mass is 32.1. The second-order valence-electron chi connectivity index (χ2n) is 16.4. The van der Waals surface area contributed by atoms with Gasteiger partial charge in [0.05, 0.1) is 33.9 Å². The van der Waals surface area contributed by atoms with E-state index in [0.717, 1.165) is 57.8 Å². The van der Waals surface area contributed by atoms with E-state index >= 15 is 0 Å². The molecule has 1 aliphatic carbocycles. The number of anilines is 1. The summed E-state index contributed by atoms with van der Waals surface area (Å²) >= 11 is 3.29. The van der Waals surface area contributed by atoms with Crippen LogP contribution in [0.1, 0.15) is 79.8 Å². The van der Waals surface area contributed by atoms with Crippen molar-refractivity contribution in [1.29, 1.82) is 0 Å². The van der Waals surface area contributed by atoms with Gasteiger partial charge in [-0.05, 0) is 73.9 Å². The maximum Gasteiger partial charge on any atom is 0.243 e. The number of carbonyl (C=O) groups excluding carboxylic acids is 2. The Bertz CT molecular complexity index is 2440. The average molecular weight is 804 g/mol. The van der Waals surface area contributed by atoms with E-state index < -0.39 is 18.1 Å². The first-order valence-electron chi connectivity index (χ1n) is 19.5. The van der Waals surface area contributed by atoms with E-state index in [9.17, 15) is 19.8 Å². The number of aliphatic hydroxyl groups excluding tert-OH is 1. The van der Waals surface area contributed by atoms with Crippen LogP contribution in [-0.2, 0) is 9.59 Å². The standard InChI is InChI=1S/C43H45N7O5S2/c1-23(2)38(42(54)50-19-30(51)15-33(50)40(53)45-24(3)26-9-11-27(12-10-26)39-25(4)44-22-56-39)35-16-37(48-55-35)49-20-43(21-49)17-29(18-43)36-14-28-13-32(46-47-41(28)57-36)31-7-5-6-8-34(31)52/h5-14,16,22-24,29-30,33,38,51-52H,15,17-21H2,1-4H3,(H,45,53)/t24-,30+,33-,38?/m0/s1. The molecule has 1 spiro atoms. The van der Waals surface area contributed by atoms with Crippen molar-refractivity contribution in [2.24, 2.45) is 11.3 Å². The molecule has 0 radical (unpaired) electrons. The number of phenols is 1. The smallest absolute Gasteiger partial charge is 0.243 e. The number of benzene rings is 2. The molecule has 2 amide bonds. The van der Waals surface area contributed by atoms with Crippen LogP contribution in [0.2, 0.25) is 0 Å². The first kappa shape index (κ1) is 37.4. The summed E-state index contributed by atoms with van der Waals surface area (Å²) in [5.41, 5.74) is 6.39. The number of rotatable bonds is 10. The molecule has 9 rings (SSSR count). The molecule has 3 N–H and O–H groups in total. The number of nitrogens with zero attached hydrogens (tertiary/aromatic N) is 6. The van der Waals surface area contributed by atoms with Gasteiger partial charge in [-0.2, -0.15) is 0 Å². The molecule has 3 aliphatic rings. The van der Waals surface area contributed by atoms with Crippen molar-refractivity contribution in [2.45, 2.75) is 77.0 Å². The summed E-state index contributed by atoms with van der Waals surface area (Å²) in [5, 5.41) is 38.4. The molecule has 0 bridgehead atoms. The summed E-state index contributed by atoms with van der Waals surface area (Å²) in [6.07, 6.45) is 1.52. The lowest BCUT2D eigenvalue weighted by atomic mass is 9.57. The lowest BCUT2D eigenvalue weighted by molar-refractivity contribution is -0.141. The molecule has 3 fully saturated rings. The first-order chi connectivity index (χ1) is 27.4. The molecule has 1 unspecified atom stereocenters. The molecule has 2 aliphatic heterocycles. The Morgan fingerprint density at radius 3 is 2.51 bits per heavy atom. The number of para-hydroxylation sites is 1. The van der Waals surface area contributed by atoms with E-state index in [1.807, 2.05) is 81.7 Å². The number of aromatic nitrogens is 4. The van der Waals surface area contributed by atoms with Gasteiger partial charge in [0.15, 0.2) is 11.6 Å². The molecule has 2 aromatic carbocycles. The largest absolute Gasteiger partial charge is 0.507 e. The second kappa shape index (κ2) is 14.6. The van der Waals surface area contributed by atoms with Crippen molar-refractivity contribution >= 4 is 50.5 Å². The molecule has 294 valence electrons. The zero-order chi connectivity index (χ0) is 39.6. The fraction of sp³-hybridized carbons (Fsp3) is 0.395. The molecule has 1 saturated carbocycles. The number of phenolic OH excluding ortho intramolecular Hbond substituents is 1. The Kier molecular flexibility index (Phi) is 9.61. The van der Waals surface area contributed by atoms with Crippen molar-refractivity contribution in [3.63, 3.8) is 0 Å². The van der Waals surface area contributed by atoms with Crippen molar-refractivity contribution < 1.29 is 24.3 Å². The van der Waals surface area contributed by atoms with Gasteiger partial charge >= 0.3 is 0 Å². The minimum atomic E-state index is -0.801. The molecular weight excluding hydrogens is 759 g/mol. The number of amides is 2. The predicted octanol–water partition coefficient (Wildman–Crippen LogP) is 7.45. The molecule has 12 nitrogen and oxygen atoms in total. The van der Waals surface area contributed by atoms with Gasteiger partial charge in [-0.3, -0.25) is 9.59 Å². The Hall–Kier alpha value is -5.18. The van der Waals surface area contributed by atoms with E-state index in [1.165, 1.54) is 9.78 Å². The van der Waals surface area contributed by atoms with Crippen LogP contribution in [0.25, 0.3) is 31.9 Å². The third kappa shape index (κ3) is 6.97. The van der Waals surface area contributed by atoms with Gasteiger partial charge in [0.25, 0.3) is 0 Å². The molecule has 6 aromatic rings. The number of nitrogens with one attached hydrogen (secondary N) is 1. The van der Waals surface area contributed by atoms with E-state index in [4.69, 9.17) is 4.52 Å². The molecule has 4 atom stereocenters. The lowest BCUT2D eigenvalue weighted by Crippen LogP contribution is -2.61. The minimum absolute atomic E-state index is 0.0817. The normalized spacial score (nSPS) is 20.2. The van der Waals surface area contributed by atoms with E-state index in [1.54, 1.807) is 34.8 Å². The Labute approximate surface area is 338 Å². The van der Waals surface area contributed by atoms with E-state index in [2.05, 4.69) is 36.6 Å². The first-order valence-corrected chi connectivity index (χ1v) is 21.2. The third-order valence-electron chi connectivity index (χ3n) is 12.0. The van der Waals surface area contributed by atoms with Crippen LogP contribution in [0.4, 0.5) is 5.82 Å². The topological polar surface area (TPSA) is 158 Å². The number of aliphatic hydroxyl groups is 1. The van der Waals surface area contributed by atoms with Crippen molar-refractivity contribution in [2.75, 3.05) is 24.5 Å². The average Bonchev–Trinajstić information content (AvgIpc) is 3.97. The summed E-state index contributed by atoms with van der Waals surface area (Å²) in [7, 11) is 0. The van der Waals surface area contributed by atoms with Gasteiger partial charge < -0.3 is 29.9 Å². The van der Waals surface area contributed by atoms with Gasteiger partial charge in [-0.25, -0.2) is 4.98 Å². The Morgan fingerprint density at radius 2 is 1.79 bits per heavy atom. The Balaban J connectivity index is 0.821. The zero-order valence-corrected chi connectivity index (χ0v) is 33.9. The molecular formula is C43H45N7O5S2. The number of hydrogen-bond donors (Lipinski definition) is 3. The zero-order valence-electron chi connectivity index (χ0n) is 32.3. The maximum absolute atomic E-state index is 14.3. The molecule has 57 heavy (non-hydrogen) atoms. The highest BCUT2D eigenvalue weighted by molar-refractivity contribution is 7.18. The molecule has 4 aromatic heterocycles. The Morgan fingerprint density at radius 1 is 1.02 bits per heavy atom. The minimum Gasteiger partial charge on any atom is -0.507 e. The van der Waals surface area contributed by atoms with E-state index in [-0.39, 0.29) is 47.9 Å². The maximum atomic E-state index is 14.3. The second-order valence-corrected chi connectivity index (χ2v) is 18.4. The number of aryl methyl sites for hydroxylation is 1. The summed E-state index contributed by atoms with van der Waals surface area (Å²) in [6, 6.07) is 20.3. The fourth-order valence-corrected chi connectivity index (χ4v) is 10.8. The van der Waals surface area contributed by atoms with Gasteiger partial charge in [0, 0.05) is 53.4 Å². The van der Waals surface area contributed by atoms with Crippen molar-refractivity contribution in [3.8, 4) is 27.4 Å². The molecule has 6 heterocycles. The van der Waals surface area contributed by atoms with Crippen molar-refractivity contribution in [1.82, 2.24) is 30.6 Å². The summed E-state index contributed by atoms with van der Waals surface area (Å²) in [6.45, 7) is 9.65. The number of fused-ring (bicyclic) bond motifs is 1. The number of thiazole rings is 1. The number of aromatic hydroxyl groups is 1. The van der Waals surface area contributed by atoms with Crippen molar-refractivity contribution in [3.05, 3.63) is 94.1 Å². The number of hydrogen-bond acceptors (Lipinski definition) is 12. The van der Waals surface area contributed by atoms with Gasteiger partial charge in [0.2, 0.25) is 11.8 Å². The van der Waals surface area contributed by atoms with Crippen LogP contribution < -0.4 is 10.2 Å². The molecule has 2 saturated heterocycles. The van der Waals surface area contributed by atoms with Crippen LogP contribution in [0, 0.1) is 18.3 Å². The predicted molar refractivity (Wildman–Crippen MR) is 220 cm³/mol. The van der Waals surface area contributed by atoms with Crippen LogP contribution in [0.3, 0.4) is 0 Å². The molecule has 14 heteroatoms. The highest BCUT2D eigenvalue weighted by Gasteiger charge is 2.54. The number of thiophene rings is 1. The third-order valence-corrected chi connectivity index (χ3v) is 14.2. The van der Waals surface area contributed by atoms with Gasteiger partial charge in [-0.15, -0.1) is 32.9 Å². The lowest BCUT2D eigenvalue weighted by Gasteiger charge is -2.59. The number of likely N-dealkylation sites (tertiary alicyclic amines) is 1. The van der Waals surface area contributed by atoms with Gasteiger partial charge in [0.1, 0.15) is 22.5 Å². The van der Waals surface area contributed by atoms with Crippen LogP contribution >= 0.6 is 22.7 Å². The van der Waals surface area contributed by atoms with Crippen LogP contribution in [-0.4, -0.2) is 79.0 Å². The summed E-state index contributed by atoms with van der Waals surface area (Å²) in [5.74, 6) is 0.510. The SMILES string of the molecule is Cc1ncsc1-c1ccc([C@H](C)NC(=O)[C@@H]2C[C@@H](O)CN2C(=O)C(c2cc(N3CC4(CC(c5cc6cc(-c7ccccc7O)nnc6s5)C4)C3)no2)C(C)C)cc1. The monoisotopic (exact) mass is 803 g/mol. The summed E-state index contributed by atoms with van der Waals surface area (Å²) in [4.78, 5) is 39.4. The fourth-order valence-electron chi connectivity index (χ4n) is 8.96. The number of carbonyl (C=O) groups is 2. The summed E-state index contributed by atoms with van der Waals surface area (Å²) < 4.78 is 5.87. The van der Waals surface area contributed by atoms with Crippen LogP contribution in [0.15, 0.2) is 76.8 Å². The van der Waals surface area contributed by atoms with Gasteiger partial charge in [-0.1, -0.05) is 55.4 Å². The van der Waals surface area contributed by atoms with E-state index in [0.29, 0.717) is 28.8 Å². The highest BCUT2D eigenvalue weighted by Crippen LogP contribution is 2.58.